The number of aromatic carboxylic acids is 1. The van der Waals surface area contributed by atoms with Crippen LogP contribution in [-0.4, -0.2) is 26.0 Å². The molecule has 0 aliphatic carbocycles. The van der Waals surface area contributed by atoms with Crippen LogP contribution in [-0.2, 0) is 13.1 Å². The zero-order valence-electron chi connectivity index (χ0n) is 18.8. The molecule has 0 spiro atoms. The van der Waals surface area contributed by atoms with Gasteiger partial charge in [0.25, 0.3) is 0 Å². The number of fused-ring (bicyclic) bond motifs is 2. The fraction of sp³-hybridized carbons (Fsp3) is 0.192. The molecule has 2 aromatic carbocycles. The number of aromatic nitrogens is 3. The van der Waals surface area contributed by atoms with Crippen LogP contribution in [0, 0.1) is 18.3 Å². The van der Waals surface area contributed by atoms with Crippen molar-refractivity contribution in [3.8, 4) is 6.07 Å². The maximum Gasteiger partial charge on any atom is 0.337 e. The van der Waals surface area contributed by atoms with Crippen molar-refractivity contribution in [2.75, 3.05) is 10.2 Å². The molecule has 0 bridgehead atoms. The Kier molecular flexibility index (Phi) is 5.30. The number of carboxylic acid groups (broad SMARTS) is 1. The third-order valence-electron chi connectivity index (χ3n) is 6.01. The SMILES string of the molecule is Cc1cc([C@@H](C)Nc2ccccc2C(=O)O)c2nc(N3Cc4cccnc4C3)c(C#N)nc2c1. The summed E-state index contributed by atoms with van der Waals surface area (Å²) >= 11 is 0. The Morgan fingerprint density at radius 3 is 2.76 bits per heavy atom. The molecule has 1 aliphatic rings. The van der Waals surface area contributed by atoms with Crippen LogP contribution in [0.2, 0.25) is 0 Å². The fourth-order valence-electron chi connectivity index (χ4n) is 4.41. The van der Waals surface area contributed by atoms with Gasteiger partial charge in [-0.05, 0) is 49.2 Å². The van der Waals surface area contributed by atoms with Crippen LogP contribution in [0.25, 0.3) is 11.0 Å². The number of aryl methyl sites for hydroxylation is 1. The van der Waals surface area contributed by atoms with E-state index in [2.05, 4.69) is 21.4 Å². The molecule has 1 aliphatic heterocycles. The van der Waals surface area contributed by atoms with Gasteiger partial charge in [-0.15, -0.1) is 0 Å². The normalized spacial score (nSPS) is 13.4. The van der Waals surface area contributed by atoms with Crippen molar-refractivity contribution in [2.24, 2.45) is 0 Å². The lowest BCUT2D eigenvalue weighted by atomic mass is 10.0. The van der Waals surface area contributed by atoms with E-state index in [4.69, 9.17) is 4.98 Å². The number of nitrogens with one attached hydrogen (secondary N) is 1. The molecular weight excluding hydrogens is 428 g/mol. The number of carbonyl (C=O) groups is 1. The van der Waals surface area contributed by atoms with Crippen LogP contribution < -0.4 is 10.2 Å². The predicted molar refractivity (Wildman–Crippen MR) is 129 cm³/mol. The van der Waals surface area contributed by atoms with Crippen LogP contribution >= 0.6 is 0 Å². The predicted octanol–water partition coefficient (Wildman–Crippen LogP) is 4.60. The third kappa shape index (κ3) is 3.77. The summed E-state index contributed by atoms with van der Waals surface area (Å²) in [5.74, 6) is -0.469. The van der Waals surface area contributed by atoms with E-state index in [1.807, 2.05) is 43.0 Å². The second-order valence-electron chi connectivity index (χ2n) is 8.41. The highest BCUT2D eigenvalue weighted by Crippen LogP contribution is 2.33. The number of pyridine rings is 1. The summed E-state index contributed by atoms with van der Waals surface area (Å²) in [7, 11) is 0. The smallest absolute Gasteiger partial charge is 0.337 e. The molecule has 0 radical (unpaired) electrons. The molecule has 0 fully saturated rings. The fourth-order valence-corrected chi connectivity index (χ4v) is 4.41. The zero-order chi connectivity index (χ0) is 23.8. The van der Waals surface area contributed by atoms with E-state index < -0.39 is 5.97 Å². The molecule has 2 aromatic heterocycles. The lowest BCUT2D eigenvalue weighted by molar-refractivity contribution is 0.0698. The highest BCUT2D eigenvalue weighted by molar-refractivity contribution is 5.94. The third-order valence-corrected chi connectivity index (χ3v) is 6.01. The molecule has 5 rings (SSSR count). The molecule has 8 heteroatoms. The van der Waals surface area contributed by atoms with Gasteiger partial charge in [0.1, 0.15) is 6.07 Å². The summed E-state index contributed by atoms with van der Waals surface area (Å²) in [5.41, 5.74) is 6.24. The van der Waals surface area contributed by atoms with E-state index in [0.717, 1.165) is 22.4 Å². The first kappa shape index (κ1) is 21.3. The summed E-state index contributed by atoms with van der Waals surface area (Å²) < 4.78 is 0. The number of carboxylic acids is 1. The van der Waals surface area contributed by atoms with Gasteiger partial charge in [0.2, 0.25) is 0 Å². The van der Waals surface area contributed by atoms with E-state index in [9.17, 15) is 15.2 Å². The summed E-state index contributed by atoms with van der Waals surface area (Å²) in [6.07, 6.45) is 1.77. The van der Waals surface area contributed by atoms with Crippen LogP contribution in [0.1, 0.15) is 51.4 Å². The highest BCUT2D eigenvalue weighted by Gasteiger charge is 2.25. The van der Waals surface area contributed by atoms with E-state index in [1.165, 1.54) is 0 Å². The first-order valence-electron chi connectivity index (χ1n) is 10.9. The number of para-hydroxylation sites is 1. The van der Waals surface area contributed by atoms with Gasteiger partial charge in [-0.1, -0.05) is 24.3 Å². The summed E-state index contributed by atoms with van der Waals surface area (Å²) in [6.45, 7) is 5.10. The summed E-state index contributed by atoms with van der Waals surface area (Å²) in [4.78, 5) is 27.7. The van der Waals surface area contributed by atoms with Crippen molar-refractivity contribution in [1.29, 1.82) is 5.26 Å². The lowest BCUT2D eigenvalue weighted by Crippen LogP contribution is -2.19. The maximum atomic E-state index is 11.7. The number of hydrogen-bond donors (Lipinski definition) is 2. The van der Waals surface area contributed by atoms with Crippen molar-refractivity contribution in [3.63, 3.8) is 0 Å². The molecule has 2 N–H and O–H groups in total. The Balaban J connectivity index is 1.58. The van der Waals surface area contributed by atoms with Gasteiger partial charge in [0, 0.05) is 24.0 Å². The first-order chi connectivity index (χ1) is 16.4. The molecule has 0 unspecified atom stereocenters. The number of hydrogen-bond acceptors (Lipinski definition) is 7. The summed E-state index contributed by atoms with van der Waals surface area (Å²) in [6, 6.07) is 16.6. The largest absolute Gasteiger partial charge is 0.478 e. The van der Waals surface area contributed by atoms with Crippen LogP contribution in [0.5, 0.6) is 0 Å². The number of rotatable bonds is 5. The van der Waals surface area contributed by atoms with Gasteiger partial charge < -0.3 is 15.3 Å². The molecule has 1 atom stereocenters. The Bertz CT molecular complexity index is 1450. The highest BCUT2D eigenvalue weighted by atomic mass is 16.4. The second-order valence-corrected chi connectivity index (χ2v) is 8.41. The monoisotopic (exact) mass is 450 g/mol. The van der Waals surface area contributed by atoms with E-state index >= 15 is 0 Å². The van der Waals surface area contributed by atoms with Crippen molar-refractivity contribution in [2.45, 2.75) is 33.0 Å². The van der Waals surface area contributed by atoms with E-state index in [0.29, 0.717) is 35.6 Å². The average molecular weight is 451 g/mol. The Morgan fingerprint density at radius 1 is 1.18 bits per heavy atom. The minimum atomic E-state index is -0.993. The van der Waals surface area contributed by atoms with Crippen LogP contribution in [0.15, 0.2) is 54.7 Å². The van der Waals surface area contributed by atoms with Gasteiger partial charge >= 0.3 is 5.97 Å². The van der Waals surface area contributed by atoms with Crippen molar-refractivity contribution in [3.05, 3.63) is 88.4 Å². The molecule has 4 aromatic rings. The molecule has 0 saturated carbocycles. The Labute approximate surface area is 196 Å². The molecule has 168 valence electrons. The van der Waals surface area contributed by atoms with Crippen molar-refractivity contribution >= 4 is 28.5 Å². The van der Waals surface area contributed by atoms with Gasteiger partial charge in [-0.2, -0.15) is 5.26 Å². The van der Waals surface area contributed by atoms with Gasteiger partial charge in [-0.25, -0.2) is 14.8 Å². The summed E-state index contributed by atoms with van der Waals surface area (Å²) in [5, 5.41) is 22.7. The van der Waals surface area contributed by atoms with Gasteiger partial charge in [0.15, 0.2) is 11.5 Å². The number of benzene rings is 2. The minimum Gasteiger partial charge on any atom is -0.478 e. The second kappa shape index (κ2) is 8.45. The number of nitrogens with zero attached hydrogens (tertiary/aromatic N) is 5. The Hall–Kier alpha value is -4.51. The average Bonchev–Trinajstić information content (AvgIpc) is 3.27. The topological polar surface area (TPSA) is 115 Å². The lowest BCUT2D eigenvalue weighted by Gasteiger charge is -2.21. The standard InChI is InChI=1S/C26H22N6O2/c1-15-10-19(16(2)29-20-8-4-3-7-18(20)26(33)34)24-21(11-15)30-22(12-27)25(31-24)32-13-17-6-5-9-28-23(17)14-32/h3-11,16,29H,13-14H2,1-2H3,(H,33,34)/t16-/m1/s1. The minimum absolute atomic E-state index is 0.201. The Morgan fingerprint density at radius 2 is 2.00 bits per heavy atom. The molecule has 0 amide bonds. The number of anilines is 2. The van der Waals surface area contributed by atoms with Crippen molar-refractivity contribution in [1.82, 2.24) is 15.0 Å². The molecule has 0 saturated heterocycles. The molecular formula is C26H22N6O2. The van der Waals surface area contributed by atoms with Crippen LogP contribution in [0.4, 0.5) is 11.5 Å². The zero-order valence-corrected chi connectivity index (χ0v) is 18.8. The molecule has 34 heavy (non-hydrogen) atoms. The molecule has 8 nitrogen and oxygen atoms in total. The quantitative estimate of drug-likeness (QED) is 0.453. The number of nitriles is 1. The maximum absolute atomic E-state index is 11.7. The molecule has 3 heterocycles. The van der Waals surface area contributed by atoms with E-state index in [1.54, 1.807) is 30.5 Å². The first-order valence-corrected chi connectivity index (χ1v) is 10.9. The van der Waals surface area contributed by atoms with E-state index in [-0.39, 0.29) is 17.3 Å². The van der Waals surface area contributed by atoms with Gasteiger partial charge in [-0.3, -0.25) is 4.98 Å². The van der Waals surface area contributed by atoms with Gasteiger partial charge in [0.05, 0.1) is 34.9 Å². The van der Waals surface area contributed by atoms with Crippen LogP contribution in [0.3, 0.4) is 0 Å². The van der Waals surface area contributed by atoms with Crippen molar-refractivity contribution < 1.29 is 9.90 Å².